The van der Waals surface area contributed by atoms with Crippen molar-refractivity contribution >= 4 is 36.5 Å². The molecule has 0 amide bonds. The normalized spacial score (nSPS) is 11.5. The summed E-state index contributed by atoms with van der Waals surface area (Å²) in [6, 6.07) is 3.54. The number of esters is 1. The van der Waals surface area contributed by atoms with E-state index in [9.17, 15) is 13.6 Å². The number of hydrogen-bond donors (Lipinski definition) is 1. The standard InChI is InChI=1S/C16H17ClF2N2O2Si/c1-23-16(22)15-14(17)11(20)7-12(21-15)8-5-10(19)13(6-9(8)18)24(2,3)4/h5-7H,1-4H3,(H2,20,21). The van der Waals surface area contributed by atoms with E-state index in [1.807, 2.05) is 19.6 Å². The molecule has 2 N–H and O–H groups in total. The third-order valence-corrected chi connectivity index (χ3v) is 5.90. The highest BCUT2D eigenvalue weighted by molar-refractivity contribution is 6.88. The van der Waals surface area contributed by atoms with Crippen molar-refractivity contribution in [2.24, 2.45) is 0 Å². The summed E-state index contributed by atoms with van der Waals surface area (Å²) < 4.78 is 33.5. The molecule has 2 rings (SSSR count). The highest BCUT2D eigenvalue weighted by atomic mass is 35.5. The number of rotatable bonds is 3. The summed E-state index contributed by atoms with van der Waals surface area (Å²) in [7, 11) is -0.884. The number of carbonyl (C=O) groups excluding carboxylic acids is 1. The van der Waals surface area contributed by atoms with Crippen LogP contribution < -0.4 is 10.9 Å². The second kappa shape index (κ2) is 6.49. The van der Waals surface area contributed by atoms with E-state index < -0.39 is 25.7 Å². The molecule has 8 heteroatoms. The molecule has 1 aromatic carbocycles. The Hall–Kier alpha value is -1.99. The number of hydrogen-bond acceptors (Lipinski definition) is 4. The van der Waals surface area contributed by atoms with Gasteiger partial charge in [-0.05, 0) is 23.4 Å². The molecule has 2 aromatic rings. The van der Waals surface area contributed by atoms with Crippen molar-refractivity contribution in [1.82, 2.24) is 4.98 Å². The van der Waals surface area contributed by atoms with Gasteiger partial charge in [-0.3, -0.25) is 0 Å². The molecule has 0 bridgehead atoms. The van der Waals surface area contributed by atoms with E-state index in [1.165, 1.54) is 12.1 Å². The molecule has 0 aliphatic carbocycles. The monoisotopic (exact) mass is 370 g/mol. The van der Waals surface area contributed by atoms with E-state index in [1.54, 1.807) is 0 Å². The number of pyridine rings is 1. The van der Waals surface area contributed by atoms with Crippen molar-refractivity contribution in [2.75, 3.05) is 12.8 Å². The zero-order chi connectivity index (χ0) is 18.2. The Balaban J connectivity index is 2.67. The first-order chi connectivity index (χ1) is 11.1. The number of halogens is 3. The number of anilines is 1. The number of nitrogens with two attached hydrogens (primary N) is 1. The molecular weight excluding hydrogens is 354 g/mol. The van der Waals surface area contributed by atoms with Crippen molar-refractivity contribution in [3.8, 4) is 11.3 Å². The molecule has 0 unspecified atom stereocenters. The van der Waals surface area contributed by atoms with Gasteiger partial charge in [-0.25, -0.2) is 18.6 Å². The van der Waals surface area contributed by atoms with Gasteiger partial charge in [-0.15, -0.1) is 0 Å². The lowest BCUT2D eigenvalue weighted by Crippen LogP contribution is -2.40. The highest BCUT2D eigenvalue weighted by Gasteiger charge is 2.25. The van der Waals surface area contributed by atoms with Crippen molar-refractivity contribution in [2.45, 2.75) is 19.6 Å². The number of nitrogens with zero attached hydrogens (tertiary/aromatic N) is 1. The van der Waals surface area contributed by atoms with Gasteiger partial charge in [0.25, 0.3) is 0 Å². The maximum absolute atomic E-state index is 14.5. The van der Waals surface area contributed by atoms with E-state index in [0.29, 0.717) is 5.19 Å². The summed E-state index contributed by atoms with van der Waals surface area (Å²) in [6.07, 6.45) is 0. The van der Waals surface area contributed by atoms with Crippen LogP contribution in [-0.4, -0.2) is 26.1 Å². The molecular formula is C16H17ClF2N2O2Si. The minimum atomic E-state index is -2.04. The van der Waals surface area contributed by atoms with Gasteiger partial charge in [0.05, 0.1) is 31.6 Å². The molecule has 0 aliphatic rings. The van der Waals surface area contributed by atoms with Gasteiger partial charge >= 0.3 is 5.97 Å². The average molecular weight is 371 g/mol. The Bertz CT molecular complexity index is 823. The van der Waals surface area contributed by atoms with E-state index >= 15 is 0 Å². The Morgan fingerprint density at radius 2 is 1.83 bits per heavy atom. The lowest BCUT2D eigenvalue weighted by atomic mass is 10.1. The van der Waals surface area contributed by atoms with Crippen LogP contribution in [0.15, 0.2) is 18.2 Å². The number of ether oxygens (including phenoxy) is 1. The van der Waals surface area contributed by atoms with E-state index in [2.05, 4.69) is 9.72 Å². The van der Waals surface area contributed by atoms with Gasteiger partial charge in [0.2, 0.25) is 0 Å². The summed E-state index contributed by atoms with van der Waals surface area (Å²) in [4.78, 5) is 15.7. The zero-order valence-electron chi connectivity index (χ0n) is 13.7. The van der Waals surface area contributed by atoms with Crippen molar-refractivity contribution in [3.63, 3.8) is 0 Å². The Morgan fingerprint density at radius 1 is 1.21 bits per heavy atom. The molecule has 24 heavy (non-hydrogen) atoms. The van der Waals surface area contributed by atoms with E-state index in [-0.39, 0.29) is 27.7 Å². The number of carbonyl (C=O) groups is 1. The van der Waals surface area contributed by atoms with Crippen molar-refractivity contribution < 1.29 is 18.3 Å². The number of nitrogen functional groups attached to an aromatic ring is 1. The van der Waals surface area contributed by atoms with Crippen LogP contribution >= 0.6 is 11.6 Å². The topological polar surface area (TPSA) is 65.2 Å². The maximum Gasteiger partial charge on any atom is 0.358 e. The summed E-state index contributed by atoms with van der Waals surface area (Å²) >= 11 is 5.93. The molecule has 0 spiro atoms. The summed E-state index contributed by atoms with van der Waals surface area (Å²) in [6.45, 7) is 5.75. The van der Waals surface area contributed by atoms with Crippen molar-refractivity contribution in [1.29, 1.82) is 0 Å². The summed E-state index contributed by atoms with van der Waals surface area (Å²) in [5.74, 6) is -1.97. The average Bonchev–Trinajstić information content (AvgIpc) is 2.50. The quantitative estimate of drug-likeness (QED) is 0.662. The first-order valence-corrected chi connectivity index (χ1v) is 11.0. The summed E-state index contributed by atoms with van der Waals surface area (Å²) in [5.41, 5.74) is 5.44. The van der Waals surface area contributed by atoms with Crippen LogP contribution in [0, 0.1) is 11.6 Å². The highest BCUT2D eigenvalue weighted by Crippen LogP contribution is 2.30. The largest absolute Gasteiger partial charge is 0.464 e. The lowest BCUT2D eigenvalue weighted by molar-refractivity contribution is 0.0594. The first kappa shape index (κ1) is 18.3. The fraction of sp³-hybridized carbons (Fsp3) is 0.250. The Kier molecular flexibility index (Phi) is 4.96. The van der Waals surface area contributed by atoms with Gasteiger partial charge in [-0.1, -0.05) is 31.2 Å². The summed E-state index contributed by atoms with van der Waals surface area (Å²) in [5, 5.41) is 0.282. The van der Waals surface area contributed by atoms with Crippen LogP contribution in [0.4, 0.5) is 14.5 Å². The zero-order valence-corrected chi connectivity index (χ0v) is 15.5. The Morgan fingerprint density at radius 3 is 2.38 bits per heavy atom. The number of benzene rings is 1. The molecule has 1 aromatic heterocycles. The lowest BCUT2D eigenvalue weighted by Gasteiger charge is -2.19. The third kappa shape index (κ3) is 3.41. The second-order valence-electron chi connectivity index (χ2n) is 6.31. The van der Waals surface area contributed by atoms with Gasteiger partial charge in [-0.2, -0.15) is 0 Å². The molecule has 1 heterocycles. The molecule has 128 valence electrons. The van der Waals surface area contributed by atoms with Gasteiger partial charge in [0.1, 0.15) is 11.6 Å². The molecule has 0 saturated carbocycles. The van der Waals surface area contributed by atoms with Crippen LogP contribution in [-0.2, 0) is 4.74 Å². The van der Waals surface area contributed by atoms with Gasteiger partial charge < -0.3 is 10.5 Å². The first-order valence-electron chi connectivity index (χ1n) is 7.10. The third-order valence-electron chi connectivity index (χ3n) is 3.51. The molecule has 0 radical (unpaired) electrons. The van der Waals surface area contributed by atoms with E-state index in [4.69, 9.17) is 17.3 Å². The van der Waals surface area contributed by atoms with Crippen LogP contribution in [0.1, 0.15) is 10.5 Å². The molecule has 0 fully saturated rings. The van der Waals surface area contributed by atoms with Gasteiger partial charge in [0, 0.05) is 5.56 Å². The Labute approximate surface area is 144 Å². The molecule has 0 atom stereocenters. The minimum Gasteiger partial charge on any atom is -0.464 e. The molecule has 4 nitrogen and oxygen atoms in total. The second-order valence-corrected chi connectivity index (χ2v) is 11.7. The number of aromatic nitrogens is 1. The predicted octanol–water partition coefficient (Wildman–Crippen LogP) is 3.59. The maximum atomic E-state index is 14.5. The number of methoxy groups -OCH3 is 1. The van der Waals surface area contributed by atoms with Crippen LogP contribution in [0.2, 0.25) is 24.7 Å². The van der Waals surface area contributed by atoms with Crippen LogP contribution in [0.3, 0.4) is 0 Å². The van der Waals surface area contributed by atoms with E-state index in [0.717, 1.165) is 13.2 Å². The fourth-order valence-electron chi connectivity index (χ4n) is 2.24. The minimum absolute atomic E-state index is 0.0100. The smallest absolute Gasteiger partial charge is 0.358 e. The SMILES string of the molecule is COC(=O)c1nc(-c2cc(F)c([Si](C)(C)C)cc2F)cc(N)c1Cl. The van der Waals surface area contributed by atoms with Crippen LogP contribution in [0.25, 0.3) is 11.3 Å². The van der Waals surface area contributed by atoms with Crippen LogP contribution in [0.5, 0.6) is 0 Å². The fourth-order valence-corrected chi connectivity index (χ4v) is 3.76. The van der Waals surface area contributed by atoms with Gasteiger partial charge in [0.15, 0.2) is 5.69 Å². The molecule has 0 saturated heterocycles. The molecule has 0 aliphatic heterocycles. The van der Waals surface area contributed by atoms with Crippen molar-refractivity contribution in [3.05, 3.63) is 40.6 Å². The predicted molar refractivity (Wildman–Crippen MR) is 93.3 cm³/mol.